The van der Waals surface area contributed by atoms with Crippen molar-refractivity contribution >= 4 is 40.1 Å². The lowest BCUT2D eigenvalue weighted by Gasteiger charge is -2.36. The molecule has 0 spiro atoms. The Morgan fingerprint density at radius 2 is 1.89 bits per heavy atom. The lowest BCUT2D eigenvalue weighted by Crippen LogP contribution is -2.45. The maximum Gasteiger partial charge on any atom is 0.254 e. The van der Waals surface area contributed by atoms with Crippen LogP contribution < -0.4 is 20.3 Å². The minimum Gasteiger partial charge on any atom is -0.497 e. The number of methoxy groups -OCH3 is 1. The first-order valence-electron chi connectivity index (χ1n) is 13.8. The molecule has 38 heavy (non-hydrogen) atoms. The predicted octanol–water partition coefficient (Wildman–Crippen LogP) is 4.26. The van der Waals surface area contributed by atoms with Crippen LogP contribution in [-0.2, 0) is 6.54 Å². The van der Waals surface area contributed by atoms with Crippen molar-refractivity contribution in [1.29, 1.82) is 0 Å². The number of ether oxygens (including phenoxy) is 1. The summed E-state index contributed by atoms with van der Waals surface area (Å²) in [6.07, 6.45) is 6.43. The number of aliphatic imine (C=N–C) groups is 1. The van der Waals surface area contributed by atoms with Gasteiger partial charge in [0, 0.05) is 69.9 Å². The largest absolute Gasteiger partial charge is 0.497 e. The Morgan fingerprint density at radius 3 is 2.66 bits per heavy atom. The number of amides is 1. The van der Waals surface area contributed by atoms with Crippen LogP contribution in [0.4, 0.5) is 17.1 Å². The molecule has 2 aromatic carbocycles. The van der Waals surface area contributed by atoms with E-state index < -0.39 is 0 Å². The molecule has 1 atom stereocenters. The number of benzene rings is 2. The number of likely N-dealkylation sites (N-methyl/N-ethyl adjacent to an activating group) is 2. The number of anilines is 2. The standard InChI is InChI=1S/C30H38N6O2/c1-33-11-12-34(2)29-26(14-22(15-28(29)33)30(37)35-10-4-5-23(31)19-35)32-17-24-13-21-8-9-25(38-3)16-27(21)36(24)18-20-6-7-20/h8-9,13-17,20,23H,4-7,10-12,18-19,31H2,1-3H3. The molecule has 1 amide bonds. The zero-order chi connectivity index (χ0) is 26.4. The Bertz CT molecular complexity index is 1390. The van der Waals surface area contributed by atoms with Crippen LogP contribution in [0.1, 0.15) is 41.7 Å². The van der Waals surface area contributed by atoms with Gasteiger partial charge in [0.1, 0.15) is 5.75 Å². The van der Waals surface area contributed by atoms with Gasteiger partial charge >= 0.3 is 0 Å². The molecular weight excluding hydrogens is 476 g/mol. The maximum atomic E-state index is 13.6. The number of piperidine rings is 1. The number of fused-ring (bicyclic) bond motifs is 2. The van der Waals surface area contributed by atoms with Crippen LogP contribution in [0.25, 0.3) is 10.9 Å². The summed E-state index contributed by atoms with van der Waals surface area (Å²) in [5.74, 6) is 1.61. The Labute approximate surface area is 224 Å². The van der Waals surface area contributed by atoms with E-state index >= 15 is 0 Å². The molecule has 1 saturated heterocycles. The highest BCUT2D eigenvalue weighted by molar-refractivity contribution is 6.01. The Hall–Kier alpha value is -3.52. The van der Waals surface area contributed by atoms with Gasteiger partial charge in [-0.3, -0.25) is 9.79 Å². The third-order valence-electron chi connectivity index (χ3n) is 8.24. The summed E-state index contributed by atoms with van der Waals surface area (Å²) in [7, 11) is 5.90. The molecule has 2 N–H and O–H groups in total. The smallest absolute Gasteiger partial charge is 0.254 e. The van der Waals surface area contributed by atoms with Crippen LogP contribution in [0.5, 0.6) is 5.75 Å². The average Bonchev–Trinajstić information content (AvgIpc) is 3.69. The fraction of sp³-hybridized carbons (Fsp3) is 0.467. The molecule has 8 nitrogen and oxygen atoms in total. The minimum absolute atomic E-state index is 0.0379. The monoisotopic (exact) mass is 514 g/mol. The number of hydrogen-bond acceptors (Lipinski definition) is 6. The number of likely N-dealkylation sites (tertiary alicyclic amines) is 1. The van der Waals surface area contributed by atoms with Gasteiger partial charge in [-0.15, -0.1) is 0 Å². The van der Waals surface area contributed by atoms with E-state index in [0.29, 0.717) is 18.0 Å². The zero-order valence-electron chi connectivity index (χ0n) is 22.7. The zero-order valence-corrected chi connectivity index (χ0v) is 22.7. The average molecular weight is 515 g/mol. The molecule has 3 aromatic rings. The van der Waals surface area contributed by atoms with Gasteiger partial charge < -0.3 is 29.7 Å². The van der Waals surface area contributed by atoms with Gasteiger partial charge in [-0.05, 0) is 61.9 Å². The van der Waals surface area contributed by atoms with Gasteiger partial charge in [-0.25, -0.2) is 0 Å². The number of hydrogen-bond donors (Lipinski definition) is 1. The first-order chi connectivity index (χ1) is 18.4. The molecule has 6 rings (SSSR count). The Kier molecular flexibility index (Phi) is 6.51. The normalized spacial score (nSPS) is 19.9. The van der Waals surface area contributed by atoms with Gasteiger partial charge in [0.15, 0.2) is 0 Å². The lowest BCUT2D eigenvalue weighted by molar-refractivity contribution is 0.0709. The quantitative estimate of drug-likeness (QED) is 0.498. The molecule has 1 unspecified atom stereocenters. The molecule has 3 aliphatic rings. The summed E-state index contributed by atoms with van der Waals surface area (Å²) in [5, 5.41) is 1.18. The van der Waals surface area contributed by atoms with Crippen molar-refractivity contribution in [3.05, 3.63) is 47.7 Å². The van der Waals surface area contributed by atoms with E-state index in [1.165, 1.54) is 23.7 Å². The molecular formula is C30H38N6O2. The number of nitrogens with two attached hydrogens (primary N) is 1. The van der Waals surface area contributed by atoms with Crippen molar-refractivity contribution < 1.29 is 9.53 Å². The van der Waals surface area contributed by atoms with Crippen molar-refractivity contribution in [2.45, 2.75) is 38.3 Å². The van der Waals surface area contributed by atoms with Crippen LogP contribution in [0.2, 0.25) is 0 Å². The third kappa shape index (κ3) is 4.73. The fourth-order valence-electron chi connectivity index (χ4n) is 5.81. The van der Waals surface area contributed by atoms with E-state index in [-0.39, 0.29) is 11.9 Å². The first-order valence-corrected chi connectivity index (χ1v) is 13.8. The molecule has 8 heteroatoms. The van der Waals surface area contributed by atoms with E-state index in [0.717, 1.165) is 67.5 Å². The summed E-state index contributed by atoms with van der Waals surface area (Å²) in [6.45, 7) is 4.14. The molecule has 1 aliphatic carbocycles. The second kappa shape index (κ2) is 9.98. The molecule has 0 radical (unpaired) electrons. The van der Waals surface area contributed by atoms with Crippen LogP contribution in [0.15, 0.2) is 41.4 Å². The topological polar surface area (TPSA) is 79.3 Å². The lowest BCUT2D eigenvalue weighted by atomic mass is 10.0. The van der Waals surface area contributed by atoms with Crippen LogP contribution in [0, 0.1) is 5.92 Å². The van der Waals surface area contributed by atoms with Crippen molar-refractivity contribution in [3.8, 4) is 5.75 Å². The van der Waals surface area contributed by atoms with Gasteiger partial charge in [0.2, 0.25) is 0 Å². The van der Waals surface area contributed by atoms with Crippen molar-refractivity contribution in [1.82, 2.24) is 9.47 Å². The number of carbonyl (C=O) groups excluding carboxylic acids is 1. The first kappa shape index (κ1) is 24.8. The van der Waals surface area contributed by atoms with Gasteiger partial charge in [0.25, 0.3) is 5.91 Å². The molecule has 2 fully saturated rings. The van der Waals surface area contributed by atoms with E-state index in [4.69, 9.17) is 15.5 Å². The molecule has 1 saturated carbocycles. The second-order valence-corrected chi connectivity index (χ2v) is 11.2. The van der Waals surface area contributed by atoms with Crippen LogP contribution >= 0.6 is 0 Å². The van der Waals surface area contributed by atoms with Crippen LogP contribution in [-0.4, -0.2) is 75.0 Å². The second-order valence-electron chi connectivity index (χ2n) is 11.2. The summed E-state index contributed by atoms with van der Waals surface area (Å²) in [4.78, 5) is 25.0. The molecule has 1 aromatic heterocycles. The highest BCUT2D eigenvalue weighted by atomic mass is 16.5. The molecule has 0 bridgehead atoms. The van der Waals surface area contributed by atoms with E-state index in [1.54, 1.807) is 7.11 Å². The Morgan fingerprint density at radius 1 is 1.08 bits per heavy atom. The van der Waals surface area contributed by atoms with Crippen molar-refractivity contribution in [3.63, 3.8) is 0 Å². The fourth-order valence-corrected chi connectivity index (χ4v) is 5.81. The highest BCUT2D eigenvalue weighted by Crippen LogP contribution is 2.42. The highest BCUT2D eigenvalue weighted by Gasteiger charge is 2.28. The molecule has 2 aliphatic heterocycles. The number of nitrogens with zero attached hydrogens (tertiary/aromatic N) is 5. The predicted molar refractivity (Wildman–Crippen MR) is 155 cm³/mol. The number of aromatic nitrogens is 1. The van der Waals surface area contributed by atoms with Crippen LogP contribution in [0.3, 0.4) is 0 Å². The summed E-state index contributed by atoms with van der Waals surface area (Å²) in [6, 6.07) is 12.5. The van der Waals surface area contributed by atoms with Crippen molar-refractivity contribution in [2.75, 3.05) is 57.2 Å². The van der Waals surface area contributed by atoms with E-state index in [1.807, 2.05) is 29.3 Å². The number of carbonyl (C=O) groups is 1. The molecule has 3 heterocycles. The SMILES string of the molecule is COc1ccc2cc(C=Nc3cc(C(=O)N4CCCC(N)C4)cc4c3N(C)CCN4C)n(CC3CC3)c2c1. The minimum atomic E-state index is 0.0379. The summed E-state index contributed by atoms with van der Waals surface area (Å²) >= 11 is 0. The number of rotatable bonds is 6. The third-order valence-corrected chi connectivity index (χ3v) is 8.24. The van der Waals surface area contributed by atoms with Gasteiger partial charge in [-0.2, -0.15) is 0 Å². The summed E-state index contributed by atoms with van der Waals surface area (Å²) < 4.78 is 7.88. The Balaban J connectivity index is 1.42. The van der Waals surface area contributed by atoms with Gasteiger partial charge in [0.05, 0.1) is 41.6 Å². The molecule has 200 valence electrons. The summed E-state index contributed by atoms with van der Waals surface area (Å²) in [5.41, 5.74) is 12.0. The van der Waals surface area contributed by atoms with Crippen molar-refractivity contribution in [2.24, 2.45) is 16.6 Å². The van der Waals surface area contributed by atoms with E-state index in [2.05, 4.69) is 46.7 Å². The maximum absolute atomic E-state index is 13.6. The van der Waals surface area contributed by atoms with E-state index in [9.17, 15) is 4.79 Å². The van der Waals surface area contributed by atoms with Gasteiger partial charge in [-0.1, -0.05) is 0 Å².